The van der Waals surface area contributed by atoms with Crippen molar-refractivity contribution in [2.45, 2.75) is 20.3 Å². The SMILES string of the molecule is C=C(C)CC[P+](=O)OCC. The Morgan fingerprint density at radius 3 is 2.70 bits per heavy atom. The minimum Gasteiger partial charge on any atom is -0.147 e. The van der Waals surface area contributed by atoms with Crippen LogP contribution in [0.4, 0.5) is 0 Å². The topological polar surface area (TPSA) is 26.3 Å². The van der Waals surface area contributed by atoms with Gasteiger partial charge in [0.2, 0.25) is 0 Å². The van der Waals surface area contributed by atoms with Crippen molar-refractivity contribution in [1.82, 2.24) is 0 Å². The van der Waals surface area contributed by atoms with Crippen LogP contribution >= 0.6 is 8.03 Å². The van der Waals surface area contributed by atoms with Gasteiger partial charge in [0.05, 0.1) is 6.61 Å². The summed E-state index contributed by atoms with van der Waals surface area (Å²) in [4.78, 5) is 0. The van der Waals surface area contributed by atoms with Crippen LogP contribution in [-0.4, -0.2) is 12.8 Å². The summed E-state index contributed by atoms with van der Waals surface area (Å²) in [6, 6.07) is 0. The van der Waals surface area contributed by atoms with Crippen molar-refractivity contribution in [3.05, 3.63) is 12.2 Å². The Bertz CT molecular complexity index is 132. The van der Waals surface area contributed by atoms with Gasteiger partial charge in [-0.05, 0) is 18.4 Å². The van der Waals surface area contributed by atoms with Crippen LogP contribution in [0, 0.1) is 0 Å². The van der Waals surface area contributed by atoms with Crippen LogP contribution in [0.5, 0.6) is 0 Å². The van der Waals surface area contributed by atoms with E-state index in [9.17, 15) is 4.57 Å². The standard InChI is InChI=1S/C7H14O2P/c1-4-9-10(8)6-5-7(2)3/h2,4-6H2,1,3H3/q+1. The van der Waals surface area contributed by atoms with E-state index in [-0.39, 0.29) is 0 Å². The normalized spacial score (nSPS) is 11.2. The van der Waals surface area contributed by atoms with Gasteiger partial charge < -0.3 is 0 Å². The monoisotopic (exact) mass is 161 g/mol. The number of allylic oxidation sites excluding steroid dienone is 1. The highest BCUT2D eigenvalue weighted by Gasteiger charge is 2.14. The van der Waals surface area contributed by atoms with E-state index in [0.717, 1.165) is 12.0 Å². The molecule has 0 aliphatic rings. The lowest BCUT2D eigenvalue weighted by atomic mass is 10.3. The fourth-order valence-electron chi connectivity index (χ4n) is 0.491. The van der Waals surface area contributed by atoms with Crippen LogP contribution in [0.3, 0.4) is 0 Å². The third-order valence-corrected chi connectivity index (χ3v) is 2.13. The van der Waals surface area contributed by atoms with E-state index >= 15 is 0 Å². The molecule has 1 atom stereocenters. The summed E-state index contributed by atoms with van der Waals surface area (Å²) in [5.74, 6) is 0. The Labute approximate surface area is 63.1 Å². The molecule has 0 rings (SSSR count). The maximum Gasteiger partial charge on any atom is 0.508 e. The average molecular weight is 161 g/mol. The maximum atomic E-state index is 10.8. The van der Waals surface area contributed by atoms with Gasteiger partial charge >= 0.3 is 8.03 Å². The molecule has 10 heavy (non-hydrogen) atoms. The lowest BCUT2D eigenvalue weighted by Gasteiger charge is -1.87. The van der Waals surface area contributed by atoms with Crippen molar-refractivity contribution in [1.29, 1.82) is 0 Å². The zero-order valence-corrected chi connectivity index (χ0v) is 7.49. The molecule has 0 spiro atoms. The van der Waals surface area contributed by atoms with Crippen LogP contribution in [0.2, 0.25) is 0 Å². The highest BCUT2D eigenvalue weighted by molar-refractivity contribution is 7.39. The molecule has 0 saturated carbocycles. The third-order valence-electron chi connectivity index (χ3n) is 0.994. The quantitative estimate of drug-likeness (QED) is 0.457. The molecule has 0 N–H and O–H groups in total. The molecule has 58 valence electrons. The number of hydrogen-bond acceptors (Lipinski definition) is 2. The molecule has 0 aromatic carbocycles. The van der Waals surface area contributed by atoms with Crippen LogP contribution in [0.25, 0.3) is 0 Å². The third kappa shape index (κ3) is 5.93. The highest BCUT2D eigenvalue weighted by atomic mass is 31.1. The summed E-state index contributed by atoms with van der Waals surface area (Å²) in [5.41, 5.74) is 1.06. The molecule has 2 nitrogen and oxygen atoms in total. The Hall–Kier alpha value is -0.200. The molecule has 0 fully saturated rings. The second-order valence-electron chi connectivity index (χ2n) is 2.18. The van der Waals surface area contributed by atoms with E-state index in [1.54, 1.807) is 0 Å². The number of hydrogen-bond donors (Lipinski definition) is 0. The largest absolute Gasteiger partial charge is 0.508 e. The van der Waals surface area contributed by atoms with Crippen LogP contribution in [-0.2, 0) is 9.09 Å². The molecule has 0 aromatic rings. The predicted octanol–water partition coefficient (Wildman–Crippen LogP) is 2.73. The Morgan fingerprint density at radius 2 is 2.30 bits per heavy atom. The molecular formula is C7H14O2P+. The van der Waals surface area contributed by atoms with Crippen molar-refractivity contribution in [3.8, 4) is 0 Å². The molecule has 0 amide bonds. The first-order chi connectivity index (χ1) is 4.66. The highest BCUT2D eigenvalue weighted by Crippen LogP contribution is 2.23. The Balaban J connectivity index is 3.30. The summed E-state index contributed by atoms with van der Waals surface area (Å²) in [7, 11) is -1.42. The van der Waals surface area contributed by atoms with Crippen molar-refractivity contribution in [2.24, 2.45) is 0 Å². The van der Waals surface area contributed by atoms with Gasteiger partial charge in [-0.1, -0.05) is 12.2 Å². The molecule has 0 heterocycles. The Morgan fingerprint density at radius 1 is 1.70 bits per heavy atom. The number of rotatable bonds is 5. The minimum absolute atomic E-state index is 0.533. The summed E-state index contributed by atoms with van der Waals surface area (Å²) < 4.78 is 15.7. The molecule has 0 aromatic heterocycles. The molecule has 0 radical (unpaired) electrons. The molecule has 0 aliphatic carbocycles. The zero-order valence-electron chi connectivity index (χ0n) is 6.59. The fraction of sp³-hybridized carbons (Fsp3) is 0.714. The van der Waals surface area contributed by atoms with E-state index in [0.29, 0.717) is 12.8 Å². The fourth-order valence-corrected chi connectivity index (χ4v) is 1.47. The lowest BCUT2D eigenvalue weighted by Crippen LogP contribution is -1.84. The van der Waals surface area contributed by atoms with Gasteiger partial charge in [-0.3, -0.25) is 0 Å². The predicted molar refractivity (Wildman–Crippen MR) is 43.5 cm³/mol. The average Bonchev–Trinajstić information content (AvgIpc) is 1.85. The van der Waals surface area contributed by atoms with E-state index in [4.69, 9.17) is 4.52 Å². The zero-order chi connectivity index (χ0) is 7.98. The second kappa shape index (κ2) is 5.57. The van der Waals surface area contributed by atoms with Gasteiger partial charge in [0.1, 0.15) is 0 Å². The van der Waals surface area contributed by atoms with Crippen molar-refractivity contribution in [2.75, 3.05) is 12.8 Å². The molecule has 1 unspecified atom stereocenters. The van der Waals surface area contributed by atoms with E-state index < -0.39 is 8.03 Å². The van der Waals surface area contributed by atoms with E-state index in [2.05, 4.69) is 6.58 Å². The summed E-state index contributed by atoms with van der Waals surface area (Å²) in [5, 5.41) is 0. The molecule has 0 aliphatic heterocycles. The van der Waals surface area contributed by atoms with Gasteiger partial charge in [-0.2, -0.15) is 0 Å². The maximum absolute atomic E-state index is 10.8. The smallest absolute Gasteiger partial charge is 0.147 e. The van der Waals surface area contributed by atoms with Crippen molar-refractivity contribution >= 4 is 8.03 Å². The first-order valence-corrected chi connectivity index (χ1v) is 4.75. The van der Waals surface area contributed by atoms with Crippen molar-refractivity contribution in [3.63, 3.8) is 0 Å². The molecular weight excluding hydrogens is 147 g/mol. The molecule has 0 saturated heterocycles. The van der Waals surface area contributed by atoms with Gasteiger partial charge in [0.25, 0.3) is 0 Å². The first-order valence-electron chi connectivity index (χ1n) is 3.38. The van der Waals surface area contributed by atoms with E-state index in [1.165, 1.54) is 0 Å². The van der Waals surface area contributed by atoms with Crippen LogP contribution < -0.4 is 0 Å². The minimum atomic E-state index is -1.42. The van der Waals surface area contributed by atoms with E-state index in [1.807, 2.05) is 13.8 Å². The lowest BCUT2D eigenvalue weighted by molar-refractivity contribution is 0.350. The Kier molecular flexibility index (Phi) is 5.46. The van der Waals surface area contributed by atoms with Gasteiger partial charge in [0.15, 0.2) is 6.16 Å². The molecule has 0 bridgehead atoms. The van der Waals surface area contributed by atoms with Gasteiger partial charge in [-0.25, -0.2) is 0 Å². The van der Waals surface area contributed by atoms with Gasteiger partial charge in [-0.15, -0.1) is 4.52 Å². The summed E-state index contributed by atoms with van der Waals surface area (Å²) >= 11 is 0. The van der Waals surface area contributed by atoms with Crippen LogP contribution in [0.1, 0.15) is 20.3 Å². The van der Waals surface area contributed by atoms with Crippen LogP contribution in [0.15, 0.2) is 12.2 Å². The second-order valence-corrected chi connectivity index (χ2v) is 3.55. The van der Waals surface area contributed by atoms with Gasteiger partial charge in [0, 0.05) is 6.42 Å². The molecule has 3 heteroatoms. The van der Waals surface area contributed by atoms with Crippen molar-refractivity contribution < 1.29 is 9.09 Å². The summed E-state index contributed by atoms with van der Waals surface area (Å²) in [6.07, 6.45) is 1.41. The first kappa shape index (κ1) is 9.80. The summed E-state index contributed by atoms with van der Waals surface area (Å²) in [6.45, 7) is 8.00.